The molecule has 0 saturated carbocycles. The van der Waals surface area contributed by atoms with Crippen molar-refractivity contribution in [2.75, 3.05) is 49.3 Å². The molecule has 0 aliphatic carbocycles. The van der Waals surface area contributed by atoms with Gasteiger partial charge in [-0.2, -0.15) is 0 Å². The molecular weight excluding hydrogens is 1890 g/mol. The molecule has 0 spiro atoms. The Morgan fingerprint density at radius 1 is 0.203 bits per heavy atom. The summed E-state index contributed by atoms with van der Waals surface area (Å²) in [6, 6.07) is 108. The molecule has 0 aromatic heterocycles. The summed E-state index contributed by atoms with van der Waals surface area (Å²) in [7, 11) is 9.94. The number of aryl methyl sites for hydroxylation is 20. The van der Waals surface area contributed by atoms with Crippen LogP contribution < -0.4 is 33.2 Å². The van der Waals surface area contributed by atoms with E-state index in [9.17, 15) is 22.0 Å². The number of benzene rings is 15. The second-order valence-electron chi connectivity index (χ2n) is 33.5. The molecule has 0 aliphatic rings. The molecule has 0 unspecified atom stereocenters. The number of ether oxygens (including phenoxy) is 7. The van der Waals surface area contributed by atoms with Gasteiger partial charge in [-0.05, 0) is 347 Å². The van der Waals surface area contributed by atoms with E-state index >= 15 is 0 Å². The van der Waals surface area contributed by atoms with Gasteiger partial charge in [0, 0.05) is 22.2 Å². The van der Waals surface area contributed by atoms with E-state index in [1.165, 1.54) is 132 Å². The van der Waals surface area contributed by atoms with Crippen LogP contribution in [0.4, 0.5) is 22.0 Å². The normalized spacial score (nSPS) is 9.53. The first-order valence-electron chi connectivity index (χ1n) is 51.6. The van der Waals surface area contributed by atoms with E-state index in [1.807, 2.05) is 138 Å². The molecule has 0 aliphatic heterocycles. The highest BCUT2D eigenvalue weighted by Crippen LogP contribution is 2.27. The van der Waals surface area contributed by atoms with Gasteiger partial charge in [0.25, 0.3) is 0 Å². The van der Waals surface area contributed by atoms with Gasteiger partial charge in [0.15, 0.2) is 0 Å². The van der Waals surface area contributed by atoms with Crippen molar-refractivity contribution < 1.29 is 55.1 Å². The van der Waals surface area contributed by atoms with Crippen LogP contribution in [0.5, 0.6) is 40.2 Å². The van der Waals surface area contributed by atoms with Crippen LogP contribution in [0.3, 0.4) is 0 Å². The van der Waals surface area contributed by atoms with Crippen molar-refractivity contribution in [2.45, 2.75) is 249 Å². The number of rotatable bonds is 23. The van der Waals surface area contributed by atoms with Gasteiger partial charge in [0.1, 0.15) is 69.3 Å². The highest BCUT2D eigenvalue weighted by molar-refractivity contribution is 6.31. The maximum atomic E-state index is 13.0. The Balaban J connectivity index is 0.00000156. The number of halogens is 7. The molecule has 0 saturated heterocycles. The Kier molecular flexibility index (Phi) is 76.8. The summed E-state index contributed by atoms with van der Waals surface area (Å²) in [4.78, 5) is 0. The monoisotopic (exact) mass is 2060 g/mol. The summed E-state index contributed by atoms with van der Waals surface area (Å²) in [5.74, 6) is 5.00. The van der Waals surface area contributed by atoms with Gasteiger partial charge in [-0.25, -0.2) is 22.0 Å². The molecule has 15 aromatic rings. The minimum absolute atomic E-state index is 0. The van der Waals surface area contributed by atoms with Crippen molar-refractivity contribution in [1.29, 1.82) is 0 Å². The first-order valence-corrected chi connectivity index (χ1v) is 52.4. The molecule has 14 heteroatoms. The minimum atomic E-state index is -0.377. The first kappa shape index (κ1) is 135. The summed E-state index contributed by atoms with van der Waals surface area (Å²) in [5, 5.41) is 1.72. The number of hydrogen-bond acceptors (Lipinski definition) is 7. The van der Waals surface area contributed by atoms with Gasteiger partial charge < -0.3 is 33.2 Å². The summed E-state index contributed by atoms with van der Waals surface area (Å²) < 4.78 is 98.3. The number of hydrogen-bond donors (Lipinski definition) is 0. The summed E-state index contributed by atoms with van der Waals surface area (Å²) in [6.07, 6.45) is 15.0. The summed E-state index contributed by atoms with van der Waals surface area (Å²) >= 11 is 11.7. The second kappa shape index (κ2) is 84.1. The number of para-hydroxylation sites is 1. The fourth-order valence-corrected chi connectivity index (χ4v) is 14.3. The fourth-order valence-electron chi connectivity index (χ4n) is 13.8. The highest BCUT2D eigenvalue weighted by Gasteiger charge is 2.07. The van der Waals surface area contributed by atoms with Crippen LogP contribution in [0.1, 0.15) is 229 Å². The van der Waals surface area contributed by atoms with Crippen molar-refractivity contribution in [3.63, 3.8) is 0 Å². The molecule has 0 bridgehead atoms. The molecule has 0 N–H and O–H groups in total. The van der Waals surface area contributed by atoms with Crippen LogP contribution in [-0.2, 0) is 96.3 Å². The average molecular weight is 2060 g/mol. The molecule has 800 valence electrons. The van der Waals surface area contributed by atoms with E-state index in [4.69, 9.17) is 56.4 Å². The van der Waals surface area contributed by atoms with Gasteiger partial charge in [-0.3, -0.25) is 0 Å². The van der Waals surface area contributed by atoms with Gasteiger partial charge in [-0.1, -0.05) is 364 Å². The van der Waals surface area contributed by atoms with Crippen molar-refractivity contribution in [3.05, 3.63) is 490 Å². The lowest BCUT2D eigenvalue weighted by Gasteiger charge is -2.07. The summed E-state index contributed by atoms with van der Waals surface area (Å²) in [6.45, 7) is 44.7. The van der Waals surface area contributed by atoms with Crippen molar-refractivity contribution in [3.8, 4) is 40.2 Å². The van der Waals surface area contributed by atoms with Crippen LogP contribution in [0.15, 0.2) is 340 Å². The molecule has 0 heterocycles. The largest absolute Gasteiger partial charge is 0.497 e. The molecule has 7 nitrogen and oxygen atoms in total. The van der Waals surface area contributed by atoms with E-state index in [1.54, 1.807) is 78.9 Å². The second-order valence-corrected chi connectivity index (χ2v) is 34.4. The average Bonchev–Trinajstić information content (AvgIpc) is 0.866. The maximum absolute atomic E-state index is 13.0. The fraction of sp³-hybridized carbons (Fsp3) is 0.328. The van der Waals surface area contributed by atoms with Crippen LogP contribution in [0.2, 0.25) is 10.0 Å². The molecule has 0 radical (unpaired) electrons. The maximum Gasteiger partial charge on any atom is 0.130 e. The zero-order chi connectivity index (χ0) is 109. The Morgan fingerprint density at radius 2 is 0.568 bits per heavy atom. The lowest BCUT2D eigenvalue weighted by molar-refractivity contribution is 0.337. The zero-order valence-corrected chi connectivity index (χ0v) is 94.7. The van der Waals surface area contributed by atoms with Crippen LogP contribution >= 0.6 is 23.2 Å². The lowest BCUT2D eigenvalue weighted by atomic mass is 10.1. The van der Waals surface area contributed by atoms with E-state index in [2.05, 4.69) is 262 Å². The topological polar surface area (TPSA) is 64.6 Å². The van der Waals surface area contributed by atoms with Crippen LogP contribution in [-0.4, -0.2) is 49.3 Å². The Hall–Kier alpha value is -12.9. The van der Waals surface area contributed by atoms with Gasteiger partial charge in [0.2, 0.25) is 0 Å². The van der Waals surface area contributed by atoms with Gasteiger partial charge >= 0.3 is 0 Å². The van der Waals surface area contributed by atoms with Crippen molar-refractivity contribution >= 4 is 23.2 Å². The molecule has 0 fully saturated rings. The molecular formula is C134H173Cl2F5O7. The van der Waals surface area contributed by atoms with Gasteiger partial charge in [0.05, 0.1) is 49.3 Å². The van der Waals surface area contributed by atoms with Crippen molar-refractivity contribution in [2.24, 2.45) is 0 Å². The van der Waals surface area contributed by atoms with E-state index in [-0.39, 0.29) is 36.5 Å². The predicted octanol–water partition coefficient (Wildman–Crippen LogP) is 38.4. The Bertz CT molecular complexity index is 5730. The predicted molar refractivity (Wildman–Crippen MR) is 628 cm³/mol. The first-order chi connectivity index (χ1) is 70.9. The molecule has 15 rings (SSSR count). The standard InChI is InChI=1S/C10H14O2.2C10H14O.C9H11Cl.C9H11FO.2C9H12O.3C9H12.C8H9Cl.C8H8F2.2C8H9F.C8H10.CH4/c1-4-8-5-6-9(11-2)7-10(8)12-3;1-4-9-7-8(2)5-6-10(9)11-3;1-3-9-7-5-6-8-10(9)11-4-2;1-3-8-5-4-7(2)6-9(8)10;1-3-7-4-5-8(11-2)6-9(7)10;1-3-8-4-6-9(10-2)7-5-8;1-3-8-5-4-6-9(7-8)10-2;1-3-9-6-4-5-8(2)7-9;2*1-3-9-7-5-4-6-8(9)2;1-2-7-4-3-5-8(9)6-7;1-2-6-5-7(9)3-4-8(6)10;1-2-7-3-5-8(9)6-4-7;1-2-7-4-3-5-8(9)6-7;1-2-8-6-4-3-5-7-8;/h5-7H,4H2,1-3H3;5-7H,4H2,1-3H3;5-8H,3-4H2,1-2H3;4-6H,3H2,1-2H3;4-6H,3H2,1-2H3;2*4-7H,3H2,1-2H3;3*4-7H,3H2,1-2H3;3-6H,2H2,1H3;3-5H,2H2,1H3;2*3-6H,2H2,1H3;3-7H,2H2,1H3;1H4. The van der Waals surface area contributed by atoms with Gasteiger partial charge in [-0.15, -0.1) is 0 Å². The third-order valence-electron chi connectivity index (χ3n) is 23.0. The third-order valence-corrected chi connectivity index (χ3v) is 23.6. The van der Waals surface area contributed by atoms with Crippen LogP contribution in [0.25, 0.3) is 0 Å². The van der Waals surface area contributed by atoms with E-state index < -0.39 is 0 Å². The highest BCUT2D eigenvalue weighted by atomic mass is 35.5. The smallest absolute Gasteiger partial charge is 0.130 e. The minimum Gasteiger partial charge on any atom is -0.497 e. The lowest BCUT2D eigenvalue weighted by Crippen LogP contribution is -1.94. The van der Waals surface area contributed by atoms with Crippen LogP contribution in [0, 0.1) is 63.7 Å². The quantitative estimate of drug-likeness (QED) is 0.0591. The number of methoxy groups -OCH3 is 6. The molecule has 0 amide bonds. The molecule has 0 atom stereocenters. The van der Waals surface area contributed by atoms with Crippen molar-refractivity contribution in [1.82, 2.24) is 0 Å². The SMILES string of the molecule is C.CCOc1ccccc1CC.CCc1cc(C)ccc1OC.CCc1cc(F)ccc1F.CCc1ccc(C)cc1Cl.CCc1ccc(F)cc1.CCc1ccc(OC)cc1.CCc1ccc(OC)cc1F.CCc1ccc(OC)cc1OC.CCc1cccc(C)c1.CCc1cccc(Cl)c1.CCc1cccc(F)c1.CCc1cccc(OC)c1.CCc1ccccc1.CCc1ccccc1C.CCc1ccccc1C. The van der Waals surface area contributed by atoms with E-state index in [0.717, 1.165) is 164 Å². The molecule has 148 heavy (non-hydrogen) atoms. The summed E-state index contributed by atoms with van der Waals surface area (Å²) in [5.41, 5.74) is 24.8. The Morgan fingerprint density at radius 3 is 0.980 bits per heavy atom. The third kappa shape index (κ3) is 59.2. The Labute approximate surface area is 901 Å². The zero-order valence-electron chi connectivity index (χ0n) is 93.1. The molecule has 15 aromatic carbocycles. The van der Waals surface area contributed by atoms with E-state index in [0.29, 0.717) is 17.7 Å².